The van der Waals surface area contributed by atoms with Crippen molar-refractivity contribution in [3.05, 3.63) is 51.7 Å². The number of aryl methyl sites for hydroxylation is 1. The minimum absolute atomic E-state index is 0.102. The van der Waals surface area contributed by atoms with Crippen LogP contribution in [0, 0.1) is 0 Å². The third-order valence-electron chi connectivity index (χ3n) is 3.32. The molecule has 0 aliphatic heterocycles. The number of methoxy groups -OCH3 is 1. The average Bonchev–Trinajstić information content (AvgIpc) is 2.93. The largest absolute Gasteiger partial charge is 0.496 e. The molecule has 2 aromatic rings. The zero-order valence-corrected chi connectivity index (χ0v) is 12.4. The predicted molar refractivity (Wildman–Crippen MR) is 82.0 cm³/mol. The summed E-state index contributed by atoms with van der Waals surface area (Å²) in [6.07, 6.45) is 3.62. The van der Waals surface area contributed by atoms with Crippen molar-refractivity contribution in [1.82, 2.24) is 0 Å². The van der Waals surface area contributed by atoms with Crippen LogP contribution in [0.2, 0.25) is 0 Å². The van der Waals surface area contributed by atoms with Crippen molar-refractivity contribution in [3.8, 4) is 5.75 Å². The second-order valence-electron chi connectivity index (χ2n) is 4.68. The summed E-state index contributed by atoms with van der Waals surface area (Å²) in [7, 11) is 1.69. The van der Waals surface area contributed by atoms with Crippen LogP contribution in [0.15, 0.2) is 35.7 Å². The van der Waals surface area contributed by atoms with Gasteiger partial charge in [0.05, 0.1) is 18.0 Å². The Morgan fingerprint density at radius 3 is 2.58 bits per heavy atom. The minimum atomic E-state index is -0.102. The Kier molecular flexibility index (Phi) is 5.00. The second kappa shape index (κ2) is 6.73. The van der Waals surface area contributed by atoms with E-state index in [2.05, 4.69) is 31.2 Å². The summed E-state index contributed by atoms with van der Waals surface area (Å²) in [5, 5.41) is 2.02. The van der Waals surface area contributed by atoms with Gasteiger partial charge in [0.1, 0.15) is 5.75 Å². The molecular formula is C16H21NOS. The number of nitrogens with two attached hydrogens (primary N) is 1. The van der Waals surface area contributed by atoms with Gasteiger partial charge in [-0.15, -0.1) is 11.3 Å². The smallest absolute Gasteiger partial charge is 0.134 e. The van der Waals surface area contributed by atoms with Crippen molar-refractivity contribution in [2.24, 2.45) is 5.73 Å². The van der Waals surface area contributed by atoms with Crippen molar-refractivity contribution in [2.45, 2.75) is 32.2 Å². The summed E-state index contributed by atoms with van der Waals surface area (Å²) in [6, 6.07) is 10.5. The van der Waals surface area contributed by atoms with Gasteiger partial charge in [0.15, 0.2) is 0 Å². The minimum Gasteiger partial charge on any atom is -0.496 e. The molecule has 0 fully saturated rings. The lowest BCUT2D eigenvalue weighted by Crippen LogP contribution is -2.11. The lowest BCUT2D eigenvalue weighted by molar-refractivity contribution is 0.411. The molecule has 1 unspecified atom stereocenters. The van der Waals surface area contributed by atoms with Crippen LogP contribution in [0.5, 0.6) is 5.75 Å². The van der Waals surface area contributed by atoms with Crippen LogP contribution in [-0.4, -0.2) is 7.11 Å². The molecule has 2 rings (SSSR count). The molecule has 0 saturated carbocycles. The Morgan fingerprint density at radius 1 is 1.21 bits per heavy atom. The van der Waals surface area contributed by atoms with Crippen molar-refractivity contribution >= 4 is 11.3 Å². The van der Waals surface area contributed by atoms with Gasteiger partial charge in [0, 0.05) is 0 Å². The number of ether oxygens (including phenoxy) is 1. The molecule has 0 bridgehead atoms. The molecule has 0 aliphatic rings. The number of unbranched alkanes of at least 4 members (excludes halogenated alkanes) is 1. The van der Waals surface area contributed by atoms with Crippen molar-refractivity contribution < 1.29 is 4.74 Å². The third-order valence-corrected chi connectivity index (χ3v) is 4.30. The summed E-state index contributed by atoms with van der Waals surface area (Å²) in [4.78, 5) is 1.09. The predicted octanol–water partition coefficient (Wildman–Crippen LogP) is 4.15. The van der Waals surface area contributed by atoms with Crippen LogP contribution in [0.3, 0.4) is 0 Å². The van der Waals surface area contributed by atoms with Crippen molar-refractivity contribution in [2.75, 3.05) is 7.11 Å². The highest BCUT2D eigenvalue weighted by Gasteiger charge is 2.15. The van der Waals surface area contributed by atoms with E-state index >= 15 is 0 Å². The number of hydrogen-bond donors (Lipinski definition) is 1. The van der Waals surface area contributed by atoms with Gasteiger partial charge in [0.25, 0.3) is 0 Å². The van der Waals surface area contributed by atoms with Crippen molar-refractivity contribution in [3.63, 3.8) is 0 Å². The van der Waals surface area contributed by atoms with Gasteiger partial charge in [0.2, 0.25) is 0 Å². The van der Waals surface area contributed by atoms with E-state index in [0.717, 1.165) is 22.6 Å². The molecule has 2 nitrogen and oxygen atoms in total. The van der Waals surface area contributed by atoms with Crippen LogP contribution >= 0.6 is 11.3 Å². The molecule has 19 heavy (non-hydrogen) atoms. The van der Waals surface area contributed by atoms with E-state index in [0.29, 0.717) is 0 Å². The monoisotopic (exact) mass is 275 g/mol. The lowest BCUT2D eigenvalue weighted by Gasteiger charge is -2.13. The highest BCUT2D eigenvalue weighted by Crippen LogP contribution is 2.33. The van der Waals surface area contributed by atoms with Crippen molar-refractivity contribution in [1.29, 1.82) is 0 Å². The van der Waals surface area contributed by atoms with Gasteiger partial charge >= 0.3 is 0 Å². The molecule has 0 aliphatic carbocycles. The first-order valence-corrected chi connectivity index (χ1v) is 7.60. The molecule has 0 spiro atoms. The number of benzene rings is 1. The quantitative estimate of drug-likeness (QED) is 0.859. The van der Waals surface area contributed by atoms with E-state index in [9.17, 15) is 0 Å². The summed E-state index contributed by atoms with van der Waals surface area (Å²) < 4.78 is 5.34. The first-order chi connectivity index (χ1) is 9.26. The average molecular weight is 275 g/mol. The summed E-state index contributed by atoms with van der Waals surface area (Å²) in [5.41, 5.74) is 8.84. The first-order valence-electron chi connectivity index (χ1n) is 6.72. The van der Waals surface area contributed by atoms with E-state index in [1.165, 1.54) is 18.4 Å². The Hall–Kier alpha value is -1.32. The maximum Gasteiger partial charge on any atom is 0.134 e. The van der Waals surface area contributed by atoms with Gasteiger partial charge in [-0.25, -0.2) is 0 Å². The van der Waals surface area contributed by atoms with E-state index in [4.69, 9.17) is 10.5 Å². The molecule has 2 N–H and O–H groups in total. The normalized spacial score (nSPS) is 12.4. The van der Waals surface area contributed by atoms with Crippen LogP contribution in [-0.2, 0) is 6.42 Å². The number of rotatable bonds is 6. The van der Waals surface area contributed by atoms with Gasteiger partial charge in [-0.05, 0) is 35.4 Å². The van der Waals surface area contributed by atoms with Gasteiger partial charge < -0.3 is 10.5 Å². The highest BCUT2D eigenvalue weighted by atomic mass is 32.1. The highest BCUT2D eigenvalue weighted by molar-refractivity contribution is 7.10. The van der Waals surface area contributed by atoms with Crippen LogP contribution in [0.1, 0.15) is 41.8 Å². The molecule has 3 heteroatoms. The number of hydrogen-bond acceptors (Lipinski definition) is 3. The molecule has 1 atom stereocenters. The molecule has 0 amide bonds. The van der Waals surface area contributed by atoms with Crippen LogP contribution in [0.25, 0.3) is 0 Å². The first kappa shape index (κ1) is 14.1. The fourth-order valence-corrected chi connectivity index (χ4v) is 3.02. The molecular weight excluding hydrogens is 254 g/mol. The lowest BCUT2D eigenvalue weighted by atomic mass is 10.0. The SMILES string of the molecule is CCCCc1ccc(C(N)c2sccc2OC)cc1. The standard InChI is InChI=1S/C16H21NOS/c1-3-4-5-12-6-8-13(9-7-12)15(17)16-14(18-2)10-11-19-16/h6-11,15H,3-5,17H2,1-2H3. The molecule has 0 saturated heterocycles. The molecule has 1 aromatic heterocycles. The summed E-state index contributed by atoms with van der Waals surface area (Å²) in [5.74, 6) is 0.882. The zero-order valence-electron chi connectivity index (χ0n) is 11.6. The third kappa shape index (κ3) is 3.37. The fraction of sp³-hybridized carbons (Fsp3) is 0.375. The fourth-order valence-electron chi connectivity index (χ4n) is 2.13. The topological polar surface area (TPSA) is 35.2 Å². The van der Waals surface area contributed by atoms with Gasteiger partial charge in [-0.2, -0.15) is 0 Å². The Balaban J connectivity index is 2.13. The maximum atomic E-state index is 6.32. The van der Waals surface area contributed by atoms with E-state index in [1.54, 1.807) is 18.4 Å². The molecule has 102 valence electrons. The zero-order chi connectivity index (χ0) is 13.7. The van der Waals surface area contributed by atoms with Crippen LogP contribution in [0.4, 0.5) is 0 Å². The second-order valence-corrected chi connectivity index (χ2v) is 5.62. The molecule has 0 radical (unpaired) electrons. The number of thiophene rings is 1. The Labute approximate surface area is 119 Å². The van der Waals surface area contributed by atoms with E-state index in [1.807, 2.05) is 11.4 Å². The van der Waals surface area contributed by atoms with E-state index < -0.39 is 0 Å². The van der Waals surface area contributed by atoms with E-state index in [-0.39, 0.29) is 6.04 Å². The Bertz CT molecular complexity index is 504. The van der Waals surface area contributed by atoms with Gasteiger partial charge in [-0.1, -0.05) is 37.6 Å². The van der Waals surface area contributed by atoms with Crippen LogP contribution < -0.4 is 10.5 Å². The summed E-state index contributed by atoms with van der Waals surface area (Å²) >= 11 is 1.65. The van der Waals surface area contributed by atoms with Gasteiger partial charge in [-0.3, -0.25) is 0 Å². The molecule has 1 aromatic carbocycles. The summed E-state index contributed by atoms with van der Waals surface area (Å²) in [6.45, 7) is 2.22. The Morgan fingerprint density at radius 2 is 1.95 bits per heavy atom. The maximum absolute atomic E-state index is 6.32. The molecule has 1 heterocycles.